The lowest BCUT2D eigenvalue weighted by Crippen LogP contribution is -2.44. The molecular weight excluding hydrogens is 368 g/mol. The van der Waals surface area contributed by atoms with E-state index >= 15 is 0 Å². The van der Waals surface area contributed by atoms with Gasteiger partial charge in [0.2, 0.25) is 5.91 Å². The van der Waals surface area contributed by atoms with E-state index in [0.717, 1.165) is 42.4 Å². The quantitative estimate of drug-likeness (QED) is 0.685. The lowest BCUT2D eigenvalue weighted by atomic mass is 9.87. The number of amides is 1. The summed E-state index contributed by atoms with van der Waals surface area (Å²) >= 11 is 1.48. The van der Waals surface area contributed by atoms with Gasteiger partial charge in [-0.25, -0.2) is 0 Å². The molecule has 1 aromatic heterocycles. The van der Waals surface area contributed by atoms with Crippen molar-refractivity contribution in [2.24, 2.45) is 7.05 Å². The lowest BCUT2D eigenvalue weighted by Gasteiger charge is -2.35. The maximum Gasteiger partial charge on any atom is 0.233 e. The predicted octanol–water partition coefficient (Wildman–Crippen LogP) is 4.66. The molecule has 1 aromatic carbocycles. The number of hydrogen-bond acceptors (Lipinski definition) is 4. The van der Waals surface area contributed by atoms with Gasteiger partial charge >= 0.3 is 0 Å². The fourth-order valence-corrected chi connectivity index (χ4v) is 4.57. The molecule has 1 amide bonds. The van der Waals surface area contributed by atoms with Gasteiger partial charge in [-0.05, 0) is 36.7 Å². The largest absolute Gasteiger partial charge is 0.339 e. The molecule has 0 unspecified atom stereocenters. The molecule has 0 bridgehead atoms. The molecule has 152 valence electrons. The standard InChI is InChI=1S/C22H32N4OS/c1-6-18-9-7-8-14-26(18)19(27)15-28-21-24-23-20(25(21)5)16-10-12-17(13-11-16)22(2,3)4/h10-13,18H,6-9,14-15H2,1-5H3/t18-/m0/s1. The lowest BCUT2D eigenvalue weighted by molar-refractivity contribution is -0.132. The van der Waals surface area contributed by atoms with Crippen LogP contribution < -0.4 is 0 Å². The fourth-order valence-electron chi connectivity index (χ4n) is 3.77. The zero-order valence-corrected chi connectivity index (χ0v) is 18.6. The van der Waals surface area contributed by atoms with Crippen molar-refractivity contribution in [3.05, 3.63) is 29.8 Å². The van der Waals surface area contributed by atoms with E-state index < -0.39 is 0 Å². The highest BCUT2D eigenvalue weighted by atomic mass is 32.2. The molecule has 5 nitrogen and oxygen atoms in total. The number of likely N-dealkylation sites (tertiary alicyclic amines) is 1. The molecule has 1 atom stereocenters. The van der Waals surface area contributed by atoms with Crippen molar-refractivity contribution in [1.29, 1.82) is 0 Å². The maximum atomic E-state index is 12.7. The Bertz CT molecular complexity index is 807. The van der Waals surface area contributed by atoms with Crippen LogP contribution in [0.2, 0.25) is 0 Å². The normalized spacial score (nSPS) is 17.8. The molecule has 6 heteroatoms. The third-order valence-corrected chi connectivity index (χ3v) is 6.59. The van der Waals surface area contributed by atoms with Crippen molar-refractivity contribution in [3.63, 3.8) is 0 Å². The second-order valence-electron chi connectivity index (χ2n) is 8.63. The van der Waals surface area contributed by atoms with Gasteiger partial charge in [0.05, 0.1) is 5.75 Å². The summed E-state index contributed by atoms with van der Waals surface area (Å²) in [6.45, 7) is 9.69. The molecule has 1 aliphatic rings. The number of benzene rings is 1. The van der Waals surface area contributed by atoms with Gasteiger partial charge in [-0.2, -0.15) is 0 Å². The minimum Gasteiger partial charge on any atom is -0.339 e. The van der Waals surface area contributed by atoms with E-state index in [1.165, 1.54) is 23.7 Å². The third kappa shape index (κ3) is 4.59. The minimum atomic E-state index is 0.130. The average Bonchev–Trinajstić information content (AvgIpc) is 3.06. The van der Waals surface area contributed by atoms with E-state index in [4.69, 9.17) is 0 Å². The van der Waals surface area contributed by atoms with E-state index in [2.05, 4.69) is 67.1 Å². The number of hydrogen-bond donors (Lipinski definition) is 0. The van der Waals surface area contributed by atoms with Crippen LogP contribution in [-0.2, 0) is 17.3 Å². The van der Waals surface area contributed by atoms with Gasteiger partial charge in [0, 0.05) is 25.2 Å². The fraction of sp³-hybridized carbons (Fsp3) is 0.591. The second-order valence-corrected chi connectivity index (χ2v) is 9.57. The molecule has 0 aliphatic carbocycles. The SMILES string of the molecule is CC[C@H]1CCCCN1C(=O)CSc1nnc(-c2ccc(C(C)(C)C)cc2)n1C. The summed E-state index contributed by atoms with van der Waals surface area (Å²) in [6.07, 6.45) is 4.52. The molecular formula is C22H32N4OS. The van der Waals surface area contributed by atoms with Crippen LogP contribution in [-0.4, -0.2) is 43.9 Å². The Morgan fingerprint density at radius 3 is 2.54 bits per heavy atom. The van der Waals surface area contributed by atoms with E-state index in [1.807, 2.05) is 11.6 Å². The van der Waals surface area contributed by atoms with Gasteiger partial charge in [0.1, 0.15) is 0 Å². The Morgan fingerprint density at radius 2 is 1.89 bits per heavy atom. The van der Waals surface area contributed by atoms with Crippen LogP contribution >= 0.6 is 11.8 Å². The predicted molar refractivity (Wildman–Crippen MR) is 116 cm³/mol. The first-order chi connectivity index (χ1) is 13.3. The molecule has 2 aromatic rings. The van der Waals surface area contributed by atoms with Crippen molar-refractivity contribution in [2.75, 3.05) is 12.3 Å². The van der Waals surface area contributed by atoms with Crippen LogP contribution in [0, 0.1) is 0 Å². The van der Waals surface area contributed by atoms with Crippen LogP contribution in [0.3, 0.4) is 0 Å². The van der Waals surface area contributed by atoms with Crippen molar-refractivity contribution >= 4 is 17.7 Å². The summed E-state index contributed by atoms with van der Waals surface area (Å²) in [4.78, 5) is 14.8. The highest BCUT2D eigenvalue weighted by Crippen LogP contribution is 2.27. The second kappa shape index (κ2) is 8.68. The number of thioether (sulfide) groups is 1. The van der Waals surface area contributed by atoms with E-state index in [0.29, 0.717) is 11.8 Å². The highest BCUT2D eigenvalue weighted by molar-refractivity contribution is 7.99. The summed E-state index contributed by atoms with van der Waals surface area (Å²) in [6, 6.07) is 8.91. The van der Waals surface area contributed by atoms with Crippen molar-refractivity contribution < 1.29 is 4.79 Å². The van der Waals surface area contributed by atoms with Gasteiger partial charge in [-0.1, -0.05) is 63.7 Å². The number of carbonyl (C=O) groups is 1. The summed E-state index contributed by atoms with van der Waals surface area (Å²) < 4.78 is 1.98. The Morgan fingerprint density at radius 1 is 1.18 bits per heavy atom. The summed E-state index contributed by atoms with van der Waals surface area (Å²) in [5.41, 5.74) is 2.47. The Labute approximate surface area is 172 Å². The van der Waals surface area contributed by atoms with E-state index in [1.54, 1.807) is 0 Å². The number of piperidine rings is 1. The van der Waals surface area contributed by atoms with Crippen LogP contribution in [0.15, 0.2) is 29.4 Å². The van der Waals surface area contributed by atoms with Crippen LogP contribution in [0.4, 0.5) is 0 Å². The smallest absolute Gasteiger partial charge is 0.233 e. The molecule has 3 rings (SSSR count). The van der Waals surface area contributed by atoms with Crippen molar-refractivity contribution in [1.82, 2.24) is 19.7 Å². The molecule has 0 radical (unpaired) electrons. The van der Waals surface area contributed by atoms with Gasteiger partial charge in [-0.15, -0.1) is 10.2 Å². The van der Waals surface area contributed by atoms with Gasteiger partial charge < -0.3 is 9.47 Å². The van der Waals surface area contributed by atoms with Crippen LogP contribution in [0.25, 0.3) is 11.4 Å². The van der Waals surface area contributed by atoms with Gasteiger partial charge in [0.25, 0.3) is 0 Å². The van der Waals surface area contributed by atoms with Gasteiger partial charge in [-0.3, -0.25) is 4.79 Å². The van der Waals surface area contributed by atoms with Crippen molar-refractivity contribution in [2.45, 2.75) is 70.0 Å². The summed E-state index contributed by atoms with van der Waals surface area (Å²) in [5, 5.41) is 9.48. The topological polar surface area (TPSA) is 51.0 Å². The van der Waals surface area contributed by atoms with Crippen molar-refractivity contribution in [3.8, 4) is 11.4 Å². The summed E-state index contributed by atoms with van der Waals surface area (Å²) in [7, 11) is 1.97. The Hall–Kier alpha value is -1.82. The molecule has 0 saturated carbocycles. The van der Waals surface area contributed by atoms with Crippen LogP contribution in [0.5, 0.6) is 0 Å². The average molecular weight is 401 g/mol. The molecule has 0 spiro atoms. The Kier molecular flexibility index (Phi) is 6.48. The van der Waals surface area contributed by atoms with E-state index in [9.17, 15) is 4.79 Å². The molecule has 0 N–H and O–H groups in total. The first-order valence-electron chi connectivity index (χ1n) is 10.2. The first-order valence-corrected chi connectivity index (χ1v) is 11.2. The zero-order chi connectivity index (χ0) is 20.3. The van der Waals surface area contributed by atoms with E-state index in [-0.39, 0.29) is 11.3 Å². The minimum absolute atomic E-state index is 0.130. The molecule has 2 heterocycles. The molecule has 1 saturated heterocycles. The number of carbonyl (C=O) groups excluding carboxylic acids is 1. The molecule has 28 heavy (non-hydrogen) atoms. The maximum absolute atomic E-state index is 12.7. The zero-order valence-electron chi connectivity index (χ0n) is 17.7. The number of rotatable bonds is 5. The summed E-state index contributed by atoms with van der Waals surface area (Å²) in [5.74, 6) is 1.47. The number of nitrogens with zero attached hydrogens (tertiary/aromatic N) is 4. The third-order valence-electron chi connectivity index (χ3n) is 5.59. The van der Waals surface area contributed by atoms with Gasteiger partial charge in [0.15, 0.2) is 11.0 Å². The Balaban J connectivity index is 1.67. The highest BCUT2D eigenvalue weighted by Gasteiger charge is 2.25. The monoisotopic (exact) mass is 400 g/mol. The molecule has 1 fully saturated rings. The van der Waals surface area contributed by atoms with Crippen LogP contribution in [0.1, 0.15) is 58.9 Å². The first kappa shape index (κ1) is 20.9. The number of aromatic nitrogens is 3. The molecule has 1 aliphatic heterocycles.